The Hall–Kier alpha value is -1.16. The first-order valence-corrected chi connectivity index (χ1v) is 5.31. The molecule has 1 rings (SSSR count). The summed E-state index contributed by atoms with van der Waals surface area (Å²) in [6, 6.07) is 9.06. The normalized spacial score (nSPS) is 11.5. The Morgan fingerprint density at radius 1 is 1.25 bits per heavy atom. The molecule has 0 fully saturated rings. The zero-order chi connectivity index (χ0) is 12.0. The molecule has 0 aliphatic heterocycles. The van der Waals surface area contributed by atoms with Crippen LogP contribution in [0.2, 0.25) is 0 Å². The molecule has 90 valence electrons. The van der Waals surface area contributed by atoms with Crippen LogP contribution >= 0.6 is 0 Å². The Morgan fingerprint density at radius 2 is 1.88 bits per heavy atom. The summed E-state index contributed by atoms with van der Waals surface area (Å²) in [7, 11) is 0. The zero-order valence-electron chi connectivity index (χ0n) is 9.37. The highest BCUT2D eigenvalue weighted by Crippen LogP contribution is 2.20. The van der Waals surface area contributed by atoms with E-state index in [0.29, 0.717) is 13.0 Å². The van der Waals surface area contributed by atoms with Gasteiger partial charge < -0.3 is 10.0 Å². The molecule has 0 bridgehead atoms. The fourth-order valence-electron chi connectivity index (χ4n) is 1.53. The first kappa shape index (κ1) is 12.9. The maximum atomic E-state index is 13.0. The van der Waals surface area contributed by atoms with Crippen LogP contribution in [0, 0.1) is 0 Å². The Morgan fingerprint density at radius 3 is 2.38 bits per heavy atom. The van der Waals surface area contributed by atoms with E-state index < -0.39 is 5.92 Å². The zero-order valence-corrected chi connectivity index (χ0v) is 9.37. The van der Waals surface area contributed by atoms with Gasteiger partial charge in [0.15, 0.2) is 0 Å². The highest BCUT2D eigenvalue weighted by Gasteiger charge is 2.25. The SMILES string of the molecule is CC(F)(F)CN(CCCO)c1ccccc1. The van der Waals surface area contributed by atoms with Gasteiger partial charge in [-0.15, -0.1) is 0 Å². The van der Waals surface area contributed by atoms with Crippen LogP contribution in [0.5, 0.6) is 0 Å². The molecular weight excluding hydrogens is 212 g/mol. The molecule has 2 nitrogen and oxygen atoms in total. The second-order valence-corrected chi connectivity index (χ2v) is 3.90. The van der Waals surface area contributed by atoms with Crippen LogP contribution in [0.4, 0.5) is 14.5 Å². The van der Waals surface area contributed by atoms with Crippen molar-refractivity contribution in [3.05, 3.63) is 30.3 Å². The van der Waals surface area contributed by atoms with Gasteiger partial charge in [-0.2, -0.15) is 0 Å². The molecule has 0 amide bonds. The van der Waals surface area contributed by atoms with Gasteiger partial charge in [0.2, 0.25) is 0 Å². The average Bonchev–Trinajstić information content (AvgIpc) is 2.24. The van der Waals surface area contributed by atoms with Crippen molar-refractivity contribution in [3.8, 4) is 0 Å². The Labute approximate surface area is 94.5 Å². The minimum atomic E-state index is -2.73. The highest BCUT2D eigenvalue weighted by molar-refractivity contribution is 5.46. The third-order valence-electron chi connectivity index (χ3n) is 2.18. The van der Waals surface area contributed by atoms with Crippen LogP contribution in [0.1, 0.15) is 13.3 Å². The van der Waals surface area contributed by atoms with Crippen molar-refractivity contribution in [3.63, 3.8) is 0 Å². The lowest BCUT2D eigenvalue weighted by Crippen LogP contribution is -2.36. The summed E-state index contributed by atoms with van der Waals surface area (Å²) in [5, 5.41) is 8.75. The van der Waals surface area contributed by atoms with Gasteiger partial charge in [0, 0.05) is 25.8 Å². The van der Waals surface area contributed by atoms with Crippen molar-refractivity contribution in [2.45, 2.75) is 19.3 Å². The molecule has 1 N–H and O–H groups in total. The van der Waals surface area contributed by atoms with E-state index in [2.05, 4.69) is 0 Å². The monoisotopic (exact) mass is 229 g/mol. The summed E-state index contributed by atoms with van der Waals surface area (Å²) >= 11 is 0. The minimum absolute atomic E-state index is 0.0125. The fraction of sp³-hybridized carbons (Fsp3) is 0.500. The van der Waals surface area contributed by atoms with Gasteiger partial charge >= 0.3 is 0 Å². The lowest BCUT2D eigenvalue weighted by Gasteiger charge is -2.27. The molecule has 1 aromatic rings. The van der Waals surface area contributed by atoms with E-state index in [1.807, 2.05) is 18.2 Å². The largest absolute Gasteiger partial charge is 0.396 e. The van der Waals surface area contributed by atoms with E-state index >= 15 is 0 Å². The lowest BCUT2D eigenvalue weighted by atomic mass is 10.2. The smallest absolute Gasteiger partial charge is 0.262 e. The second-order valence-electron chi connectivity index (χ2n) is 3.90. The molecule has 0 aromatic heterocycles. The maximum absolute atomic E-state index is 13.0. The van der Waals surface area contributed by atoms with E-state index in [9.17, 15) is 8.78 Å². The molecule has 0 unspecified atom stereocenters. The summed E-state index contributed by atoms with van der Waals surface area (Å²) in [6.45, 7) is 1.03. The molecule has 0 heterocycles. The van der Waals surface area contributed by atoms with Gasteiger partial charge in [-0.05, 0) is 18.6 Å². The maximum Gasteiger partial charge on any atom is 0.262 e. The van der Waals surface area contributed by atoms with Crippen LogP contribution in [0.15, 0.2) is 30.3 Å². The highest BCUT2D eigenvalue weighted by atomic mass is 19.3. The van der Waals surface area contributed by atoms with Crippen molar-refractivity contribution in [1.82, 2.24) is 0 Å². The van der Waals surface area contributed by atoms with E-state index in [0.717, 1.165) is 12.6 Å². The second kappa shape index (κ2) is 5.80. The number of hydrogen-bond acceptors (Lipinski definition) is 2. The Balaban J connectivity index is 2.71. The van der Waals surface area contributed by atoms with Crippen LogP contribution in [-0.4, -0.2) is 30.7 Å². The van der Waals surface area contributed by atoms with Gasteiger partial charge in [-0.1, -0.05) is 18.2 Å². The van der Waals surface area contributed by atoms with Crippen LogP contribution in [0.3, 0.4) is 0 Å². The van der Waals surface area contributed by atoms with Gasteiger partial charge in [-0.3, -0.25) is 0 Å². The van der Waals surface area contributed by atoms with Crippen molar-refractivity contribution in [2.24, 2.45) is 0 Å². The number of hydrogen-bond donors (Lipinski definition) is 1. The number of nitrogens with zero attached hydrogens (tertiary/aromatic N) is 1. The number of aliphatic hydroxyl groups is 1. The van der Waals surface area contributed by atoms with E-state index in [1.54, 1.807) is 17.0 Å². The number of para-hydroxylation sites is 1. The molecule has 16 heavy (non-hydrogen) atoms. The molecule has 0 aliphatic rings. The predicted molar refractivity (Wildman–Crippen MR) is 61.0 cm³/mol. The quantitative estimate of drug-likeness (QED) is 0.810. The number of rotatable bonds is 6. The van der Waals surface area contributed by atoms with Crippen molar-refractivity contribution in [2.75, 3.05) is 24.6 Å². The number of aliphatic hydroxyl groups excluding tert-OH is 1. The minimum Gasteiger partial charge on any atom is -0.396 e. The topological polar surface area (TPSA) is 23.5 Å². The van der Waals surface area contributed by atoms with Crippen LogP contribution in [0.25, 0.3) is 0 Å². The summed E-state index contributed by atoms with van der Waals surface area (Å²) in [5.74, 6) is -2.73. The molecular formula is C12H17F2NO. The van der Waals surface area contributed by atoms with E-state index in [-0.39, 0.29) is 13.2 Å². The number of benzene rings is 1. The summed E-state index contributed by atoms with van der Waals surface area (Å²) in [6.07, 6.45) is 0.491. The molecule has 0 atom stereocenters. The lowest BCUT2D eigenvalue weighted by molar-refractivity contribution is 0.0297. The molecule has 0 radical (unpaired) electrons. The van der Waals surface area contributed by atoms with Gasteiger partial charge in [0.25, 0.3) is 5.92 Å². The summed E-state index contributed by atoms with van der Waals surface area (Å²) in [5.41, 5.74) is 0.762. The fourth-order valence-corrected chi connectivity index (χ4v) is 1.53. The molecule has 1 aromatic carbocycles. The number of halogens is 2. The predicted octanol–water partition coefficient (Wildman–Crippen LogP) is 2.53. The van der Waals surface area contributed by atoms with Crippen molar-refractivity contribution < 1.29 is 13.9 Å². The average molecular weight is 229 g/mol. The Kier molecular flexibility index (Phi) is 4.68. The van der Waals surface area contributed by atoms with E-state index in [1.165, 1.54) is 0 Å². The standard InChI is InChI=1S/C12H17F2NO/c1-12(13,14)10-15(8-5-9-16)11-6-3-2-4-7-11/h2-4,6-7,16H,5,8-10H2,1H3. The third-order valence-corrected chi connectivity index (χ3v) is 2.18. The van der Waals surface area contributed by atoms with Crippen molar-refractivity contribution in [1.29, 1.82) is 0 Å². The number of anilines is 1. The summed E-state index contributed by atoms with van der Waals surface area (Å²) < 4.78 is 26.0. The van der Waals surface area contributed by atoms with Crippen LogP contribution in [-0.2, 0) is 0 Å². The van der Waals surface area contributed by atoms with E-state index in [4.69, 9.17) is 5.11 Å². The van der Waals surface area contributed by atoms with Gasteiger partial charge in [0.1, 0.15) is 0 Å². The molecule has 0 saturated heterocycles. The van der Waals surface area contributed by atoms with Gasteiger partial charge in [0.05, 0.1) is 6.54 Å². The molecule has 0 aliphatic carbocycles. The van der Waals surface area contributed by atoms with Gasteiger partial charge in [-0.25, -0.2) is 8.78 Å². The van der Waals surface area contributed by atoms with Crippen LogP contribution < -0.4 is 4.90 Å². The van der Waals surface area contributed by atoms with Crippen molar-refractivity contribution >= 4 is 5.69 Å². The number of alkyl halides is 2. The first-order chi connectivity index (χ1) is 7.53. The molecule has 4 heteroatoms. The molecule has 0 spiro atoms. The summed E-state index contributed by atoms with van der Waals surface area (Å²) in [4.78, 5) is 1.59. The third kappa shape index (κ3) is 4.57. The molecule has 0 saturated carbocycles. The first-order valence-electron chi connectivity index (χ1n) is 5.31. The Bertz CT molecular complexity index is 298.